The number of carbonyl (C=O) groups excluding carboxylic acids is 1. The Labute approximate surface area is 159 Å². The van der Waals surface area contributed by atoms with Crippen molar-refractivity contribution in [3.63, 3.8) is 0 Å². The first kappa shape index (κ1) is 17.9. The summed E-state index contributed by atoms with van der Waals surface area (Å²) in [6.45, 7) is 0. The Morgan fingerprint density at radius 1 is 1.31 bits per heavy atom. The molecule has 0 spiro atoms. The summed E-state index contributed by atoms with van der Waals surface area (Å²) in [5.41, 5.74) is 1.99. The Morgan fingerprint density at radius 3 is 2.81 bits per heavy atom. The number of hydrogen-bond donors (Lipinski definition) is 3. The van der Waals surface area contributed by atoms with Crippen LogP contribution >= 0.6 is 11.8 Å². The summed E-state index contributed by atoms with van der Waals surface area (Å²) in [5, 5.41) is 6.91. The van der Waals surface area contributed by atoms with Gasteiger partial charge < -0.3 is 15.6 Å². The van der Waals surface area contributed by atoms with Crippen molar-refractivity contribution in [3.05, 3.63) is 30.1 Å². The molecule has 2 aliphatic rings. The van der Waals surface area contributed by atoms with E-state index in [4.69, 9.17) is 4.98 Å². The van der Waals surface area contributed by atoms with Crippen LogP contribution in [0.4, 0.5) is 0 Å². The minimum Gasteiger partial charge on any atom is -0.346 e. The SMILES string of the molecule is CSCCC(NC(=O)CC1CC2CCC(C1)N2)c1nc2ccccc2[nH]1. The number of H-pyrrole nitrogens is 1. The molecule has 2 saturated heterocycles. The number of aromatic amines is 1. The molecule has 1 aromatic heterocycles. The number of thioether (sulfide) groups is 1. The third-order valence-corrected chi connectivity index (χ3v) is 6.37. The Balaban J connectivity index is 1.41. The number of amides is 1. The number of aromatic nitrogens is 2. The summed E-state index contributed by atoms with van der Waals surface area (Å²) in [7, 11) is 0. The van der Waals surface area contributed by atoms with Crippen LogP contribution in [0.1, 0.15) is 50.4 Å². The van der Waals surface area contributed by atoms with E-state index in [1.54, 1.807) is 11.8 Å². The quantitative estimate of drug-likeness (QED) is 0.697. The Kier molecular flexibility index (Phi) is 5.50. The highest BCUT2D eigenvalue weighted by Crippen LogP contribution is 2.32. The van der Waals surface area contributed by atoms with Gasteiger partial charge >= 0.3 is 0 Å². The minimum atomic E-state index is -0.0409. The number of carbonyl (C=O) groups is 1. The highest BCUT2D eigenvalue weighted by molar-refractivity contribution is 7.98. The predicted molar refractivity (Wildman–Crippen MR) is 107 cm³/mol. The van der Waals surface area contributed by atoms with Crippen molar-refractivity contribution in [2.45, 2.75) is 56.7 Å². The fourth-order valence-corrected chi connectivity index (χ4v) is 4.98. The molecule has 5 nitrogen and oxygen atoms in total. The fourth-order valence-electron chi connectivity index (χ4n) is 4.51. The maximum atomic E-state index is 12.7. The monoisotopic (exact) mass is 372 g/mol. The number of benzene rings is 1. The third-order valence-electron chi connectivity index (χ3n) is 5.73. The summed E-state index contributed by atoms with van der Waals surface area (Å²) >= 11 is 1.80. The number of nitrogens with one attached hydrogen (secondary N) is 3. The molecule has 2 aromatic rings. The molecule has 6 heteroatoms. The van der Waals surface area contributed by atoms with Gasteiger partial charge in [0.1, 0.15) is 5.82 Å². The smallest absolute Gasteiger partial charge is 0.220 e. The van der Waals surface area contributed by atoms with Crippen LogP contribution in [0.3, 0.4) is 0 Å². The van der Waals surface area contributed by atoms with Gasteiger partial charge in [0.05, 0.1) is 17.1 Å². The van der Waals surface area contributed by atoms with Crippen LogP contribution in [0, 0.1) is 5.92 Å². The number of para-hydroxylation sites is 2. The van der Waals surface area contributed by atoms with E-state index in [2.05, 4.69) is 21.9 Å². The van der Waals surface area contributed by atoms with Gasteiger partial charge in [0, 0.05) is 18.5 Å². The van der Waals surface area contributed by atoms with Crippen molar-refractivity contribution in [1.29, 1.82) is 0 Å². The molecule has 3 heterocycles. The second kappa shape index (κ2) is 8.01. The zero-order chi connectivity index (χ0) is 17.9. The van der Waals surface area contributed by atoms with E-state index >= 15 is 0 Å². The molecule has 4 rings (SSSR count). The van der Waals surface area contributed by atoms with Crippen molar-refractivity contribution in [1.82, 2.24) is 20.6 Å². The maximum absolute atomic E-state index is 12.7. The maximum Gasteiger partial charge on any atom is 0.220 e. The lowest BCUT2D eigenvalue weighted by atomic mass is 9.89. The molecular weight excluding hydrogens is 344 g/mol. The lowest BCUT2D eigenvalue weighted by Crippen LogP contribution is -2.40. The molecule has 1 aromatic carbocycles. The van der Waals surface area contributed by atoms with Crippen LogP contribution in [0.25, 0.3) is 11.0 Å². The summed E-state index contributed by atoms with van der Waals surface area (Å²) in [6.07, 6.45) is 8.47. The largest absolute Gasteiger partial charge is 0.346 e. The van der Waals surface area contributed by atoms with Crippen LogP contribution < -0.4 is 10.6 Å². The average Bonchev–Trinajstić information content (AvgIpc) is 3.21. The van der Waals surface area contributed by atoms with E-state index in [9.17, 15) is 4.79 Å². The average molecular weight is 373 g/mol. The summed E-state index contributed by atoms with van der Waals surface area (Å²) in [5.74, 6) is 2.56. The number of imidazole rings is 1. The molecule has 3 atom stereocenters. The first-order valence-electron chi connectivity index (χ1n) is 9.70. The Bertz CT molecular complexity index is 716. The lowest BCUT2D eigenvalue weighted by molar-refractivity contribution is -0.123. The standard InChI is InChI=1S/C20H28N4OS/c1-26-9-8-18(20-23-16-4-2-3-5-17(16)24-20)22-19(25)12-13-10-14-6-7-15(11-13)21-14/h2-5,13-15,18,21H,6-12H2,1H3,(H,22,25)(H,23,24). The molecular formula is C20H28N4OS. The highest BCUT2D eigenvalue weighted by atomic mass is 32.2. The van der Waals surface area contributed by atoms with Gasteiger partial charge in [-0.3, -0.25) is 4.79 Å². The second-order valence-corrected chi connectivity index (χ2v) is 8.71. The molecule has 3 unspecified atom stereocenters. The predicted octanol–water partition coefficient (Wildman–Crippen LogP) is 3.39. The summed E-state index contributed by atoms with van der Waals surface area (Å²) < 4.78 is 0. The molecule has 0 aliphatic carbocycles. The second-order valence-electron chi connectivity index (χ2n) is 7.72. The third kappa shape index (κ3) is 4.07. The van der Waals surface area contributed by atoms with Crippen molar-refractivity contribution >= 4 is 28.7 Å². The van der Waals surface area contributed by atoms with E-state index in [1.807, 2.05) is 24.3 Å². The van der Waals surface area contributed by atoms with Crippen LogP contribution in [0.5, 0.6) is 0 Å². The van der Waals surface area contributed by atoms with Gasteiger partial charge in [-0.15, -0.1) is 0 Å². The minimum absolute atomic E-state index is 0.0409. The molecule has 1 amide bonds. The molecule has 140 valence electrons. The number of hydrogen-bond acceptors (Lipinski definition) is 4. The van der Waals surface area contributed by atoms with Crippen molar-refractivity contribution < 1.29 is 4.79 Å². The van der Waals surface area contributed by atoms with Gasteiger partial charge in [0.25, 0.3) is 0 Å². The number of piperidine rings is 1. The molecule has 0 radical (unpaired) electrons. The summed E-state index contributed by atoms with van der Waals surface area (Å²) in [4.78, 5) is 20.8. The Hall–Kier alpha value is -1.53. The molecule has 2 fully saturated rings. The first-order valence-corrected chi connectivity index (χ1v) is 11.1. The van der Waals surface area contributed by atoms with Crippen molar-refractivity contribution in [2.75, 3.05) is 12.0 Å². The van der Waals surface area contributed by atoms with Crippen LogP contribution in [0.15, 0.2) is 24.3 Å². The number of rotatable bonds is 7. The molecule has 26 heavy (non-hydrogen) atoms. The van der Waals surface area contributed by atoms with E-state index in [-0.39, 0.29) is 11.9 Å². The number of fused-ring (bicyclic) bond motifs is 3. The highest BCUT2D eigenvalue weighted by Gasteiger charge is 2.34. The zero-order valence-corrected chi connectivity index (χ0v) is 16.1. The summed E-state index contributed by atoms with van der Waals surface area (Å²) in [6, 6.07) is 9.26. The Morgan fingerprint density at radius 2 is 2.08 bits per heavy atom. The molecule has 2 bridgehead atoms. The topological polar surface area (TPSA) is 69.8 Å². The van der Waals surface area contributed by atoms with Crippen LogP contribution in [-0.2, 0) is 4.79 Å². The van der Waals surface area contributed by atoms with E-state index in [0.29, 0.717) is 24.4 Å². The number of nitrogens with zero attached hydrogens (tertiary/aromatic N) is 1. The molecule has 2 aliphatic heterocycles. The van der Waals surface area contributed by atoms with Gasteiger partial charge in [-0.05, 0) is 62.2 Å². The van der Waals surface area contributed by atoms with Gasteiger partial charge in [-0.25, -0.2) is 4.98 Å². The van der Waals surface area contributed by atoms with Crippen molar-refractivity contribution in [3.8, 4) is 0 Å². The first-order chi connectivity index (χ1) is 12.7. The van der Waals surface area contributed by atoms with E-state index < -0.39 is 0 Å². The van der Waals surface area contributed by atoms with Gasteiger partial charge in [-0.1, -0.05) is 12.1 Å². The van der Waals surface area contributed by atoms with E-state index in [0.717, 1.165) is 41.9 Å². The van der Waals surface area contributed by atoms with E-state index in [1.165, 1.54) is 12.8 Å². The van der Waals surface area contributed by atoms with Crippen LogP contribution in [0.2, 0.25) is 0 Å². The molecule has 3 N–H and O–H groups in total. The normalized spacial score (nSPS) is 26.1. The fraction of sp³-hybridized carbons (Fsp3) is 0.600. The van der Waals surface area contributed by atoms with Crippen LogP contribution in [-0.4, -0.2) is 40.0 Å². The van der Waals surface area contributed by atoms with Gasteiger partial charge in [-0.2, -0.15) is 11.8 Å². The molecule has 0 saturated carbocycles. The van der Waals surface area contributed by atoms with Crippen molar-refractivity contribution in [2.24, 2.45) is 5.92 Å². The van der Waals surface area contributed by atoms with Gasteiger partial charge in [0.15, 0.2) is 0 Å². The van der Waals surface area contributed by atoms with Gasteiger partial charge in [0.2, 0.25) is 5.91 Å². The lowest BCUT2D eigenvalue weighted by Gasteiger charge is -2.29. The zero-order valence-electron chi connectivity index (χ0n) is 15.3.